The van der Waals surface area contributed by atoms with E-state index in [1.54, 1.807) is 24.3 Å². The van der Waals surface area contributed by atoms with Crippen LogP contribution in [0.15, 0.2) is 59.4 Å². The van der Waals surface area contributed by atoms with Crippen LogP contribution >= 0.6 is 0 Å². The highest BCUT2D eigenvalue weighted by Crippen LogP contribution is 2.27. The molecular weight excluding hydrogens is 396 g/mol. The van der Waals surface area contributed by atoms with Crippen molar-refractivity contribution in [3.8, 4) is 5.75 Å². The van der Waals surface area contributed by atoms with Crippen molar-refractivity contribution < 1.29 is 14.3 Å². The number of para-hydroxylation sites is 1. The summed E-state index contributed by atoms with van der Waals surface area (Å²) in [5.74, 6) is 0.113. The fourth-order valence-corrected chi connectivity index (χ4v) is 3.99. The molecule has 2 N–H and O–H groups in total. The Kier molecular flexibility index (Phi) is 4.89. The topological polar surface area (TPSA) is 104 Å². The minimum atomic E-state index is -0.658. The normalized spacial score (nSPS) is 20.6. The summed E-state index contributed by atoms with van der Waals surface area (Å²) in [6.45, 7) is 0.256. The number of carbonyl (C=O) groups is 2. The summed E-state index contributed by atoms with van der Waals surface area (Å²) in [6.07, 6.45) is 1.99. The zero-order valence-corrected chi connectivity index (χ0v) is 16.8. The first kappa shape index (κ1) is 19.3. The Balaban J connectivity index is 1.45. The van der Waals surface area contributed by atoms with E-state index >= 15 is 0 Å². The molecular formula is C23H22N4O4. The summed E-state index contributed by atoms with van der Waals surface area (Å²) < 4.78 is 6.05. The molecule has 2 aromatic carbocycles. The number of nitrogens with zero attached hydrogens (tertiary/aromatic N) is 2. The molecule has 2 atom stereocenters. The lowest BCUT2D eigenvalue weighted by Gasteiger charge is -2.23. The lowest BCUT2D eigenvalue weighted by atomic mass is 10.1. The van der Waals surface area contributed by atoms with Gasteiger partial charge in [0.1, 0.15) is 17.9 Å². The number of aromatic amines is 1. The van der Waals surface area contributed by atoms with Crippen molar-refractivity contribution in [1.29, 1.82) is 0 Å². The van der Waals surface area contributed by atoms with E-state index in [-0.39, 0.29) is 35.9 Å². The molecule has 0 unspecified atom stereocenters. The van der Waals surface area contributed by atoms with Gasteiger partial charge in [0.2, 0.25) is 5.91 Å². The third-order valence-electron chi connectivity index (χ3n) is 5.69. The van der Waals surface area contributed by atoms with Crippen molar-refractivity contribution in [3.63, 3.8) is 0 Å². The van der Waals surface area contributed by atoms with Crippen LogP contribution in [0.25, 0.3) is 10.8 Å². The Hall–Kier alpha value is -3.68. The maximum absolute atomic E-state index is 13.5. The molecule has 1 aromatic heterocycles. The Morgan fingerprint density at radius 3 is 2.48 bits per heavy atom. The first-order chi connectivity index (χ1) is 15.1. The number of likely N-dealkylation sites (tertiary alicyclic amines) is 1. The first-order valence-electron chi connectivity index (χ1n) is 10.4. The fourth-order valence-electron chi connectivity index (χ4n) is 3.99. The third kappa shape index (κ3) is 3.88. The number of amides is 2. The van der Waals surface area contributed by atoms with E-state index in [2.05, 4.69) is 15.5 Å². The highest BCUT2D eigenvalue weighted by atomic mass is 16.5. The molecule has 2 amide bonds. The zero-order chi connectivity index (χ0) is 21.4. The lowest BCUT2D eigenvalue weighted by Crippen LogP contribution is -2.47. The van der Waals surface area contributed by atoms with Crippen LogP contribution in [0.5, 0.6) is 5.75 Å². The predicted octanol–water partition coefficient (Wildman–Crippen LogP) is 1.86. The summed E-state index contributed by atoms with van der Waals surface area (Å²) in [7, 11) is 0. The van der Waals surface area contributed by atoms with Crippen molar-refractivity contribution in [2.24, 2.45) is 0 Å². The minimum Gasteiger partial charge on any atom is -0.488 e. The second-order valence-electron chi connectivity index (χ2n) is 7.99. The van der Waals surface area contributed by atoms with Gasteiger partial charge >= 0.3 is 0 Å². The number of aromatic nitrogens is 2. The molecule has 8 nitrogen and oxygen atoms in total. The molecule has 3 aromatic rings. The molecule has 2 heterocycles. The molecule has 1 saturated heterocycles. The van der Waals surface area contributed by atoms with Crippen LogP contribution in [-0.4, -0.2) is 51.6 Å². The maximum atomic E-state index is 13.5. The van der Waals surface area contributed by atoms with Gasteiger partial charge in [0.15, 0.2) is 5.69 Å². The number of nitrogens with one attached hydrogen (secondary N) is 2. The maximum Gasteiger partial charge on any atom is 0.275 e. The average molecular weight is 418 g/mol. The van der Waals surface area contributed by atoms with Gasteiger partial charge in [0, 0.05) is 17.8 Å². The van der Waals surface area contributed by atoms with Crippen LogP contribution in [-0.2, 0) is 4.79 Å². The van der Waals surface area contributed by atoms with E-state index in [1.807, 2.05) is 30.3 Å². The number of rotatable bonds is 5. The number of carbonyl (C=O) groups excluding carboxylic acids is 2. The summed E-state index contributed by atoms with van der Waals surface area (Å²) in [5, 5.41) is 10.3. The summed E-state index contributed by atoms with van der Waals surface area (Å²) in [5.41, 5.74) is -0.235. The molecule has 31 heavy (non-hydrogen) atoms. The average Bonchev–Trinajstić information content (AvgIpc) is 3.50. The molecule has 1 aliphatic heterocycles. The van der Waals surface area contributed by atoms with Gasteiger partial charge in [-0.2, -0.15) is 5.10 Å². The zero-order valence-electron chi connectivity index (χ0n) is 16.8. The van der Waals surface area contributed by atoms with Crippen LogP contribution in [0, 0.1) is 0 Å². The van der Waals surface area contributed by atoms with E-state index in [0.717, 1.165) is 12.8 Å². The monoisotopic (exact) mass is 418 g/mol. The van der Waals surface area contributed by atoms with Crippen molar-refractivity contribution in [2.45, 2.75) is 37.5 Å². The molecule has 0 bridgehead atoms. The summed E-state index contributed by atoms with van der Waals surface area (Å²) in [6, 6.07) is 15.7. The van der Waals surface area contributed by atoms with Crippen LogP contribution in [0.4, 0.5) is 0 Å². The largest absolute Gasteiger partial charge is 0.488 e. The van der Waals surface area contributed by atoms with Gasteiger partial charge in [-0.15, -0.1) is 0 Å². The van der Waals surface area contributed by atoms with Crippen LogP contribution < -0.4 is 15.6 Å². The highest BCUT2D eigenvalue weighted by molar-refractivity contribution is 6.06. The Bertz CT molecular complexity index is 1190. The fraction of sp³-hybridized carbons (Fsp3) is 0.304. The lowest BCUT2D eigenvalue weighted by molar-refractivity contribution is -0.125. The Labute approximate surface area is 178 Å². The summed E-state index contributed by atoms with van der Waals surface area (Å²) >= 11 is 0. The van der Waals surface area contributed by atoms with Crippen LogP contribution in [0.1, 0.15) is 29.8 Å². The van der Waals surface area contributed by atoms with Gasteiger partial charge in [-0.1, -0.05) is 36.4 Å². The number of H-pyrrole nitrogens is 1. The van der Waals surface area contributed by atoms with Crippen molar-refractivity contribution in [1.82, 2.24) is 20.4 Å². The Morgan fingerprint density at radius 2 is 1.74 bits per heavy atom. The second kappa shape index (κ2) is 7.86. The number of fused-ring (bicyclic) bond motifs is 1. The second-order valence-corrected chi connectivity index (χ2v) is 7.99. The van der Waals surface area contributed by atoms with Crippen LogP contribution in [0.2, 0.25) is 0 Å². The predicted molar refractivity (Wildman–Crippen MR) is 114 cm³/mol. The standard InChI is InChI=1S/C23H22N4O4/c28-21-18-9-5-4-8-17(18)20(25-26-21)23(30)27-13-16(31-15-6-2-1-3-7-15)12-19(27)22(29)24-14-10-11-14/h1-9,14,16,19H,10-13H2,(H,24,29)(H,26,28)/t16-,19-/m0/s1. The number of ether oxygens (including phenoxy) is 1. The van der Waals surface area contributed by atoms with E-state index < -0.39 is 11.9 Å². The smallest absolute Gasteiger partial charge is 0.275 e. The van der Waals surface area contributed by atoms with E-state index in [0.29, 0.717) is 22.9 Å². The van der Waals surface area contributed by atoms with Gasteiger partial charge in [0.25, 0.3) is 11.5 Å². The molecule has 1 aliphatic carbocycles. The number of hydrogen-bond donors (Lipinski definition) is 2. The van der Waals surface area contributed by atoms with Crippen molar-refractivity contribution in [3.05, 3.63) is 70.6 Å². The van der Waals surface area contributed by atoms with E-state index in [4.69, 9.17) is 4.74 Å². The van der Waals surface area contributed by atoms with Crippen LogP contribution in [0.3, 0.4) is 0 Å². The molecule has 0 radical (unpaired) electrons. The molecule has 5 rings (SSSR count). The van der Waals surface area contributed by atoms with Crippen molar-refractivity contribution in [2.75, 3.05) is 6.54 Å². The molecule has 0 spiro atoms. The van der Waals surface area contributed by atoms with E-state index in [1.165, 1.54) is 4.90 Å². The quantitative estimate of drug-likeness (QED) is 0.658. The number of hydrogen-bond acceptors (Lipinski definition) is 5. The SMILES string of the molecule is O=C(NC1CC1)[C@@H]1C[C@H](Oc2ccccc2)CN1C(=O)c1n[nH]c(=O)c2ccccc12. The molecule has 158 valence electrons. The van der Waals surface area contributed by atoms with Crippen molar-refractivity contribution >= 4 is 22.6 Å². The molecule has 8 heteroatoms. The van der Waals surface area contributed by atoms with Gasteiger partial charge in [-0.05, 0) is 31.0 Å². The molecule has 2 fully saturated rings. The van der Waals surface area contributed by atoms with Gasteiger partial charge in [-0.25, -0.2) is 5.10 Å². The molecule has 2 aliphatic rings. The first-order valence-corrected chi connectivity index (χ1v) is 10.4. The Morgan fingerprint density at radius 1 is 1.03 bits per heavy atom. The number of benzene rings is 2. The summed E-state index contributed by atoms with van der Waals surface area (Å²) in [4.78, 5) is 40.0. The van der Waals surface area contributed by atoms with Gasteiger partial charge in [-0.3, -0.25) is 14.4 Å². The van der Waals surface area contributed by atoms with E-state index in [9.17, 15) is 14.4 Å². The third-order valence-corrected chi connectivity index (χ3v) is 5.69. The van der Waals surface area contributed by atoms with Gasteiger partial charge in [0.05, 0.1) is 11.9 Å². The molecule has 1 saturated carbocycles. The van der Waals surface area contributed by atoms with Gasteiger partial charge < -0.3 is 15.0 Å². The highest BCUT2D eigenvalue weighted by Gasteiger charge is 2.43. The minimum absolute atomic E-state index is 0.125.